The first kappa shape index (κ1) is 12.7. The molecule has 3 rings (SSSR count). The van der Waals surface area contributed by atoms with Crippen molar-refractivity contribution in [1.82, 2.24) is 0 Å². The van der Waals surface area contributed by atoms with E-state index in [1.807, 2.05) is 18.2 Å². The predicted octanol–water partition coefficient (Wildman–Crippen LogP) is 4.07. The van der Waals surface area contributed by atoms with Gasteiger partial charge in [0.15, 0.2) is 0 Å². The summed E-state index contributed by atoms with van der Waals surface area (Å²) in [5.74, 6) is 0. The number of hydrogen-bond acceptors (Lipinski definition) is 1. The second-order valence-corrected chi connectivity index (χ2v) is 5.91. The molecule has 0 aromatic heterocycles. The second kappa shape index (κ2) is 4.99. The Morgan fingerprint density at radius 3 is 2.79 bits per heavy atom. The third-order valence-electron chi connectivity index (χ3n) is 4.03. The van der Waals surface area contributed by atoms with Crippen LogP contribution in [0.5, 0.6) is 0 Å². The number of aryl methyl sites for hydroxylation is 1. The van der Waals surface area contributed by atoms with Crippen LogP contribution in [0.1, 0.15) is 29.5 Å². The van der Waals surface area contributed by atoms with Gasteiger partial charge in [0, 0.05) is 10.6 Å². The van der Waals surface area contributed by atoms with E-state index in [1.54, 1.807) is 0 Å². The smallest absolute Gasteiger partial charge is 0.0453 e. The molecule has 0 spiro atoms. The largest absolute Gasteiger partial charge is 0.321 e. The summed E-state index contributed by atoms with van der Waals surface area (Å²) in [6.07, 6.45) is 4.19. The standard InChI is InChI=1S/C17H18ClN/c18-15-8-3-5-13(11-15)12-17(19)10-4-7-14-6-1-2-9-16(14)17/h1-3,5-6,8-9,11H,4,7,10,12,19H2. The molecule has 0 radical (unpaired) electrons. The quantitative estimate of drug-likeness (QED) is 0.875. The van der Waals surface area contributed by atoms with Gasteiger partial charge in [0.05, 0.1) is 0 Å². The van der Waals surface area contributed by atoms with E-state index in [4.69, 9.17) is 17.3 Å². The number of rotatable bonds is 2. The van der Waals surface area contributed by atoms with Crippen LogP contribution in [0.3, 0.4) is 0 Å². The molecule has 1 aliphatic carbocycles. The monoisotopic (exact) mass is 271 g/mol. The molecule has 0 aliphatic heterocycles. The average Bonchev–Trinajstić information content (AvgIpc) is 2.39. The Bertz CT molecular complexity index is 593. The second-order valence-electron chi connectivity index (χ2n) is 5.47. The van der Waals surface area contributed by atoms with Gasteiger partial charge in [-0.25, -0.2) is 0 Å². The highest BCUT2D eigenvalue weighted by molar-refractivity contribution is 6.30. The van der Waals surface area contributed by atoms with Crippen molar-refractivity contribution in [3.63, 3.8) is 0 Å². The molecule has 0 heterocycles. The predicted molar refractivity (Wildman–Crippen MR) is 80.4 cm³/mol. The molecule has 98 valence electrons. The summed E-state index contributed by atoms with van der Waals surface area (Å²) in [4.78, 5) is 0. The van der Waals surface area contributed by atoms with Crippen LogP contribution in [-0.4, -0.2) is 0 Å². The van der Waals surface area contributed by atoms with Crippen molar-refractivity contribution in [3.8, 4) is 0 Å². The molecule has 0 bridgehead atoms. The molecule has 2 aromatic carbocycles. The lowest BCUT2D eigenvalue weighted by atomic mass is 9.74. The van der Waals surface area contributed by atoms with Crippen LogP contribution in [-0.2, 0) is 18.4 Å². The van der Waals surface area contributed by atoms with Crippen LogP contribution >= 0.6 is 11.6 Å². The molecule has 2 N–H and O–H groups in total. The summed E-state index contributed by atoms with van der Waals surface area (Å²) in [6, 6.07) is 16.6. The number of nitrogens with two attached hydrogens (primary N) is 1. The zero-order valence-electron chi connectivity index (χ0n) is 10.9. The van der Waals surface area contributed by atoms with Crippen molar-refractivity contribution in [2.75, 3.05) is 0 Å². The minimum Gasteiger partial charge on any atom is -0.321 e. The zero-order chi connectivity index (χ0) is 13.3. The maximum atomic E-state index is 6.71. The van der Waals surface area contributed by atoms with Gasteiger partial charge in [0.1, 0.15) is 0 Å². The summed E-state index contributed by atoms with van der Waals surface area (Å²) < 4.78 is 0. The molecule has 19 heavy (non-hydrogen) atoms. The van der Waals surface area contributed by atoms with Gasteiger partial charge in [-0.1, -0.05) is 48.0 Å². The summed E-state index contributed by atoms with van der Waals surface area (Å²) >= 11 is 6.07. The Kier molecular flexibility index (Phi) is 3.34. The fraction of sp³-hybridized carbons (Fsp3) is 0.294. The van der Waals surface area contributed by atoms with Crippen molar-refractivity contribution in [2.24, 2.45) is 5.73 Å². The fourth-order valence-corrected chi connectivity index (χ4v) is 3.36. The molecule has 1 unspecified atom stereocenters. The van der Waals surface area contributed by atoms with Gasteiger partial charge in [0.2, 0.25) is 0 Å². The number of halogens is 1. The SMILES string of the molecule is NC1(Cc2cccc(Cl)c2)CCCc2ccccc21. The van der Waals surface area contributed by atoms with Gasteiger partial charge in [-0.05, 0) is 54.5 Å². The Hall–Kier alpha value is -1.31. The maximum Gasteiger partial charge on any atom is 0.0453 e. The van der Waals surface area contributed by atoms with Crippen LogP contribution in [0.2, 0.25) is 5.02 Å². The Morgan fingerprint density at radius 2 is 1.95 bits per heavy atom. The van der Waals surface area contributed by atoms with Crippen molar-refractivity contribution in [1.29, 1.82) is 0 Å². The van der Waals surface area contributed by atoms with Crippen LogP contribution in [0.25, 0.3) is 0 Å². The van der Waals surface area contributed by atoms with Crippen LogP contribution in [0.4, 0.5) is 0 Å². The van der Waals surface area contributed by atoms with E-state index in [0.29, 0.717) is 0 Å². The van der Waals surface area contributed by atoms with Gasteiger partial charge in [-0.15, -0.1) is 0 Å². The Labute approximate surface area is 119 Å². The molecule has 0 saturated carbocycles. The topological polar surface area (TPSA) is 26.0 Å². The first-order valence-electron chi connectivity index (χ1n) is 6.79. The molecular weight excluding hydrogens is 254 g/mol. The van der Waals surface area contributed by atoms with E-state index in [9.17, 15) is 0 Å². The molecule has 2 heteroatoms. The Balaban J connectivity index is 1.96. The summed E-state index contributed by atoms with van der Waals surface area (Å²) in [5, 5.41) is 0.783. The molecule has 1 nitrogen and oxygen atoms in total. The molecule has 1 atom stereocenters. The van der Waals surface area contributed by atoms with Crippen LogP contribution in [0, 0.1) is 0 Å². The van der Waals surface area contributed by atoms with Crippen molar-refractivity contribution in [3.05, 3.63) is 70.2 Å². The highest BCUT2D eigenvalue weighted by Crippen LogP contribution is 2.36. The molecule has 2 aromatic rings. The highest BCUT2D eigenvalue weighted by atomic mass is 35.5. The number of fused-ring (bicyclic) bond motifs is 1. The molecule has 0 fully saturated rings. The van der Waals surface area contributed by atoms with Crippen LogP contribution in [0.15, 0.2) is 48.5 Å². The molecule has 0 amide bonds. The minimum atomic E-state index is -0.250. The average molecular weight is 272 g/mol. The minimum absolute atomic E-state index is 0.250. The maximum absolute atomic E-state index is 6.71. The fourth-order valence-electron chi connectivity index (χ4n) is 3.15. The van der Waals surface area contributed by atoms with E-state index >= 15 is 0 Å². The highest BCUT2D eigenvalue weighted by Gasteiger charge is 2.32. The molecular formula is C17H18ClN. The summed E-state index contributed by atoms with van der Waals surface area (Å²) in [7, 11) is 0. The normalized spacial score (nSPS) is 22.0. The first-order chi connectivity index (χ1) is 9.17. The van der Waals surface area contributed by atoms with Gasteiger partial charge in [0.25, 0.3) is 0 Å². The van der Waals surface area contributed by atoms with E-state index in [-0.39, 0.29) is 5.54 Å². The van der Waals surface area contributed by atoms with E-state index < -0.39 is 0 Å². The Morgan fingerprint density at radius 1 is 1.11 bits per heavy atom. The van der Waals surface area contributed by atoms with Gasteiger partial charge in [-0.3, -0.25) is 0 Å². The van der Waals surface area contributed by atoms with E-state index in [1.165, 1.54) is 16.7 Å². The van der Waals surface area contributed by atoms with Gasteiger partial charge >= 0.3 is 0 Å². The summed E-state index contributed by atoms with van der Waals surface area (Å²) in [6.45, 7) is 0. The number of hydrogen-bond donors (Lipinski definition) is 1. The van der Waals surface area contributed by atoms with Gasteiger partial charge < -0.3 is 5.73 Å². The number of benzene rings is 2. The summed E-state index contributed by atoms with van der Waals surface area (Å²) in [5.41, 5.74) is 10.4. The first-order valence-corrected chi connectivity index (χ1v) is 7.17. The van der Waals surface area contributed by atoms with E-state index in [0.717, 1.165) is 30.7 Å². The van der Waals surface area contributed by atoms with Crippen LogP contribution < -0.4 is 5.73 Å². The zero-order valence-corrected chi connectivity index (χ0v) is 11.7. The van der Waals surface area contributed by atoms with E-state index in [2.05, 4.69) is 30.3 Å². The lowest BCUT2D eigenvalue weighted by Gasteiger charge is -2.36. The van der Waals surface area contributed by atoms with Crippen molar-refractivity contribution < 1.29 is 0 Å². The third kappa shape index (κ3) is 2.54. The van der Waals surface area contributed by atoms with Crippen molar-refractivity contribution in [2.45, 2.75) is 31.2 Å². The lowest BCUT2D eigenvalue weighted by molar-refractivity contribution is 0.369. The molecule has 1 aliphatic rings. The third-order valence-corrected chi connectivity index (χ3v) is 4.27. The van der Waals surface area contributed by atoms with Crippen molar-refractivity contribution >= 4 is 11.6 Å². The lowest BCUT2D eigenvalue weighted by Crippen LogP contribution is -2.42. The molecule has 0 saturated heterocycles. The van der Waals surface area contributed by atoms with Gasteiger partial charge in [-0.2, -0.15) is 0 Å².